The van der Waals surface area contributed by atoms with E-state index in [9.17, 15) is 4.79 Å². The molecule has 0 aromatic heterocycles. The van der Waals surface area contributed by atoms with Crippen LogP contribution in [0.15, 0.2) is 0 Å². The first-order valence-corrected chi connectivity index (χ1v) is 7.29. The Morgan fingerprint density at radius 3 is 2.94 bits per heavy atom. The summed E-state index contributed by atoms with van der Waals surface area (Å²) in [4.78, 5) is 14.0. The molecule has 1 saturated heterocycles. The van der Waals surface area contributed by atoms with Crippen LogP contribution in [0.25, 0.3) is 0 Å². The second kappa shape index (κ2) is 8.48. The van der Waals surface area contributed by atoms with Crippen LogP contribution in [-0.4, -0.2) is 49.2 Å². The molecule has 0 radical (unpaired) electrons. The van der Waals surface area contributed by atoms with Gasteiger partial charge in [0.05, 0.1) is 6.61 Å². The molecule has 1 rings (SSSR count). The normalized spacial score (nSPS) is 22.7. The van der Waals surface area contributed by atoms with Crippen LogP contribution >= 0.6 is 0 Å². The number of nitrogens with zero attached hydrogens (tertiary/aromatic N) is 1. The van der Waals surface area contributed by atoms with Gasteiger partial charge in [-0.3, -0.25) is 4.79 Å². The van der Waals surface area contributed by atoms with Crippen molar-refractivity contribution in [3.05, 3.63) is 0 Å². The van der Waals surface area contributed by atoms with Gasteiger partial charge in [0.25, 0.3) is 0 Å². The predicted octanol–water partition coefficient (Wildman–Crippen LogP) is 1.79. The van der Waals surface area contributed by atoms with Crippen LogP contribution in [0.5, 0.6) is 0 Å². The first kappa shape index (κ1) is 15.4. The molecule has 1 N–H and O–H groups in total. The summed E-state index contributed by atoms with van der Waals surface area (Å²) in [5, 5.41) is 3.22. The number of ether oxygens (including phenoxy) is 1. The highest BCUT2D eigenvalue weighted by Crippen LogP contribution is 2.15. The van der Waals surface area contributed by atoms with Crippen molar-refractivity contribution < 1.29 is 9.53 Å². The lowest BCUT2D eigenvalue weighted by Crippen LogP contribution is -2.40. The maximum absolute atomic E-state index is 11.4. The van der Waals surface area contributed by atoms with Crippen LogP contribution in [0, 0.1) is 0 Å². The number of hydrogen-bond donors (Lipinski definition) is 1. The SMILES string of the molecule is CCOC(=O)C(C)NCCCN1CCCCC1C. The van der Waals surface area contributed by atoms with Gasteiger partial charge in [0.15, 0.2) is 0 Å². The molecule has 0 aromatic carbocycles. The van der Waals surface area contributed by atoms with Crippen molar-refractivity contribution in [2.45, 2.75) is 58.5 Å². The standard InChI is InChI=1S/C14H28N2O2/c1-4-18-14(17)13(3)15-9-7-11-16-10-6-5-8-12(16)2/h12-13,15H,4-11H2,1-3H3. The first-order valence-electron chi connectivity index (χ1n) is 7.29. The molecule has 0 bridgehead atoms. The summed E-state index contributed by atoms with van der Waals surface area (Å²) < 4.78 is 4.96. The number of hydrogen-bond acceptors (Lipinski definition) is 4. The van der Waals surface area contributed by atoms with Crippen LogP contribution < -0.4 is 5.32 Å². The molecule has 0 aromatic rings. The minimum absolute atomic E-state index is 0.149. The molecule has 4 nitrogen and oxygen atoms in total. The molecule has 0 aliphatic carbocycles. The molecule has 1 heterocycles. The molecule has 0 saturated carbocycles. The summed E-state index contributed by atoms with van der Waals surface area (Å²) in [6.45, 7) is 9.70. The Balaban J connectivity index is 2.08. The third kappa shape index (κ3) is 5.36. The van der Waals surface area contributed by atoms with Crippen molar-refractivity contribution in [2.75, 3.05) is 26.2 Å². The third-order valence-corrected chi connectivity index (χ3v) is 3.65. The van der Waals surface area contributed by atoms with Gasteiger partial charge in [0, 0.05) is 6.04 Å². The fraction of sp³-hybridized carbons (Fsp3) is 0.929. The van der Waals surface area contributed by atoms with Gasteiger partial charge in [0.1, 0.15) is 6.04 Å². The molecule has 106 valence electrons. The Kier molecular flexibility index (Phi) is 7.28. The van der Waals surface area contributed by atoms with Crippen molar-refractivity contribution >= 4 is 5.97 Å². The molecule has 2 atom stereocenters. The van der Waals surface area contributed by atoms with Gasteiger partial charge in [-0.1, -0.05) is 6.42 Å². The largest absolute Gasteiger partial charge is 0.465 e. The fourth-order valence-electron chi connectivity index (χ4n) is 2.44. The lowest BCUT2D eigenvalue weighted by Gasteiger charge is -2.33. The second-order valence-corrected chi connectivity index (χ2v) is 5.16. The summed E-state index contributed by atoms with van der Waals surface area (Å²) in [5.41, 5.74) is 0. The number of carbonyl (C=O) groups is 1. The van der Waals surface area contributed by atoms with Crippen LogP contribution in [-0.2, 0) is 9.53 Å². The van der Waals surface area contributed by atoms with Gasteiger partial charge in [-0.25, -0.2) is 0 Å². The average Bonchev–Trinajstić information content (AvgIpc) is 2.36. The second-order valence-electron chi connectivity index (χ2n) is 5.16. The van der Waals surface area contributed by atoms with Gasteiger partial charge in [-0.15, -0.1) is 0 Å². The molecular weight excluding hydrogens is 228 g/mol. The minimum Gasteiger partial charge on any atom is -0.465 e. The van der Waals surface area contributed by atoms with Crippen molar-refractivity contribution in [1.29, 1.82) is 0 Å². The Hall–Kier alpha value is -0.610. The van der Waals surface area contributed by atoms with E-state index in [1.54, 1.807) is 0 Å². The van der Waals surface area contributed by atoms with Gasteiger partial charge < -0.3 is 15.0 Å². The smallest absolute Gasteiger partial charge is 0.322 e. The summed E-state index contributed by atoms with van der Waals surface area (Å²) in [5.74, 6) is -0.149. The van der Waals surface area contributed by atoms with E-state index < -0.39 is 0 Å². The first-order chi connectivity index (χ1) is 8.65. The van der Waals surface area contributed by atoms with Crippen molar-refractivity contribution in [3.8, 4) is 0 Å². The van der Waals surface area contributed by atoms with E-state index in [0.29, 0.717) is 6.61 Å². The van der Waals surface area contributed by atoms with Crippen molar-refractivity contribution in [2.24, 2.45) is 0 Å². The summed E-state index contributed by atoms with van der Waals surface area (Å²) >= 11 is 0. The van der Waals surface area contributed by atoms with E-state index in [4.69, 9.17) is 4.74 Å². The van der Waals surface area contributed by atoms with Gasteiger partial charge in [-0.05, 0) is 59.7 Å². The molecule has 0 amide bonds. The quantitative estimate of drug-likeness (QED) is 0.557. The predicted molar refractivity (Wildman–Crippen MR) is 73.6 cm³/mol. The zero-order chi connectivity index (χ0) is 13.4. The van der Waals surface area contributed by atoms with Crippen molar-refractivity contribution in [3.63, 3.8) is 0 Å². The number of piperidine rings is 1. The lowest BCUT2D eigenvalue weighted by molar-refractivity contribution is -0.145. The van der Waals surface area contributed by atoms with Gasteiger partial charge in [-0.2, -0.15) is 0 Å². The van der Waals surface area contributed by atoms with E-state index in [2.05, 4.69) is 17.1 Å². The van der Waals surface area contributed by atoms with Crippen LogP contribution in [0.1, 0.15) is 46.5 Å². The van der Waals surface area contributed by atoms with E-state index in [0.717, 1.165) is 25.6 Å². The Morgan fingerprint density at radius 2 is 2.28 bits per heavy atom. The third-order valence-electron chi connectivity index (χ3n) is 3.65. The molecule has 1 aliphatic heterocycles. The zero-order valence-corrected chi connectivity index (χ0v) is 12.1. The zero-order valence-electron chi connectivity index (χ0n) is 12.1. The molecule has 18 heavy (non-hydrogen) atoms. The van der Waals surface area contributed by atoms with Crippen LogP contribution in [0.3, 0.4) is 0 Å². The monoisotopic (exact) mass is 256 g/mol. The Morgan fingerprint density at radius 1 is 1.50 bits per heavy atom. The number of rotatable bonds is 7. The van der Waals surface area contributed by atoms with E-state index in [1.807, 2.05) is 13.8 Å². The molecule has 1 aliphatic rings. The number of esters is 1. The Labute approximate surface area is 111 Å². The van der Waals surface area contributed by atoms with E-state index in [1.165, 1.54) is 25.8 Å². The lowest BCUT2D eigenvalue weighted by atomic mass is 10.0. The molecule has 4 heteroatoms. The average molecular weight is 256 g/mol. The van der Waals surface area contributed by atoms with Crippen LogP contribution in [0.2, 0.25) is 0 Å². The van der Waals surface area contributed by atoms with E-state index in [-0.39, 0.29) is 12.0 Å². The van der Waals surface area contributed by atoms with Crippen molar-refractivity contribution in [1.82, 2.24) is 10.2 Å². The summed E-state index contributed by atoms with van der Waals surface area (Å²) in [7, 11) is 0. The number of carbonyl (C=O) groups excluding carboxylic acids is 1. The Bertz CT molecular complexity index is 246. The summed E-state index contributed by atoms with van der Waals surface area (Å²) in [6, 6.07) is 0.532. The molecular formula is C14H28N2O2. The minimum atomic E-state index is -0.191. The highest BCUT2D eigenvalue weighted by atomic mass is 16.5. The summed E-state index contributed by atoms with van der Waals surface area (Å²) in [6.07, 6.45) is 5.12. The molecule has 1 fully saturated rings. The van der Waals surface area contributed by atoms with Crippen LogP contribution in [0.4, 0.5) is 0 Å². The fourth-order valence-corrected chi connectivity index (χ4v) is 2.44. The van der Waals surface area contributed by atoms with Gasteiger partial charge >= 0.3 is 5.97 Å². The number of nitrogens with one attached hydrogen (secondary N) is 1. The highest BCUT2D eigenvalue weighted by Gasteiger charge is 2.17. The van der Waals surface area contributed by atoms with Gasteiger partial charge in [0.2, 0.25) is 0 Å². The molecule has 0 spiro atoms. The highest BCUT2D eigenvalue weighted by molar-refractivity contribution is 5.75. The topological polar surface area (TPSA) is 41.6 Å². The number of likely N-dealkylation sites (tertiary alicyclic amines) is 1. The molecule has 2 unspecified atom stereocenters. The maximum atomic E-state index is 11.4. The van der Waals surface area contributed by atoms with E-state index >= 15 is 0 Å². The maximum Gasteiger partial charge on any atom is 0.322 e.